The molecule has 0 aromatic heterocycles. The molecule has 2 aromatic carbocycles. The second-order valence-electron chi connectivity index (χ2n) is 4.57. The van der Waals surface area contributed by atoms with E-state index in [-0.39, 0.29) is 5.69 Å². The van der Waals surface area contributed by atoms with Gasteiger partial charge in [-0.15, -0.1) is 0 Å². The smallest absolute Gasteiger partial charge is 0.272 e. The lowest BCUT2D eigenvalue weighted by Crippen LogP contribution is -2.06. The predicted octanol–water partition coefficient (Wildman–Crippen LogP) is 4.07. The van der Waals surface area contributed by atoms with Gasteiger partial charge in [0, 0.05) is 23.7 Å². The molecule has 0 unspecified atom stereocenters. The molecule has 0 aliphatic carbocycles. The highest BCUT2D eigenvalue weighted by Gasteiger charge is 2.13. The minimum atomic E-state index is -0.416. The van der Waals surface area contributed by atoms with E-state index in [1.165, 1.54) is 6.07 Å². The summed E-state index contributed by atoms with van der Waals surface area (Å²) in [5.74, 6) is 1.07. The van der Waals surface area contributed by atoms with E-state index in [2.05, 4.69) is 5.32 Å². The van der Waals surface area contributed by atoms with Gasteiger partial charge in [-0.25, -0.2) is 0 Å². The topological polar surface area (TPSA) is 64.4 Å². The summed E-state index contributed by atoms with van der Waals surface area (Å²) >= 11 is 6.18. The van der Waals surface area contributed by atoms with Crippen LogP contribution in [0.5, 0.6) is 11.5 Å². The average molecular weight is 307 g/mol. The Bertz CT molecular complexity index is 674. The largest absolute Gasteiger partial charge is 0.455 e. The fourth-order valence-corrected chi connectivity index (χ4v) is 2.24. The van der Waals surface area contributed by atoms with E-state index in [0.29, 0.717) is 28.6 Å². The highest BCUT2D eigenvalue weighted by atomic mass is 35.5. The molecule has 0 aliphatic rings. The van der Waals surface area contributed by atoms with Crippen LogP contribution in [0.1, 0.15) is 11.1 Å². The Hall–Kier alpha value is -2.11. The van der Waals surface area contributed by atoms with Gasteiger partial charge in [0.25, 0.3) is 5.69 Å². The van der Waals surface area contributed by atoms with Gasteiger partial charge in [-0.1, -0.05) is 23.7 Å². The standard InChI is InChI=1S/C15H15ClN2O3/c1-10-8-12(6-7-14(10)18(19)20)21-15-11(9-17-2)4-3-5-13(15)16/h3-8,17H,9H2,1-2H3. The molecule has 0 amide bonds. The summed E-state index contributed by atoms with van der Waals surface area (Å²) in [5.41, 5.74) is 1.53. The van der Waals surface area contributed by atoms with Crippen LogP contribution >= 0.6 is 11.6 Å². The maximum absolute atomic E-state index is 10.8. The molecule has 6 heteroatoms. The molecule has 0 atom stereocenters. The van der Waals surface area contributed by atoms with Crippen molar-refractivity contribution in [2.24, 2.45) is 0 Å². The van der Waals surface area contributed by atoms with Crippen molar-refractivity contribution in [2.45, 2.75) is 13.5 Å². The van der Waals surface area contributed by atoms with Crippen molar-refractivity contribution in [3.05, 3.63) is 62.7 Å². The number of nitro groups is 1. The summed E-state index contributed by atoms with van der Waals surface area (Å²) in [6.07, 6.45) is 0. The number of benzene rings is 2. The van der Waals surface area contributed by atoms with Gasteiger partial charge >= 0.3 is 0 Å². The third-order valence-corrected chi connectivity index (χ3v) is 3.30. The van der Waals surface area contributed by atoms with E-state index >= 15 is 0 Å². The second-order valence-corrected chi connectivity index (χ2v) is 4.97. The molecule has 2 rings (SSSR count). The van der Waals surface area contributed by atoms with Crippen LogP contribution < -0.4 is 10.1 Å². The normalized spacial score (nSPS) is 10.4. The molecule has 0 aliphatic heterocycles. The summed E-state index contributed by atoms with van der Waals surface area (Å²) in [5, 5.41) is 14.4. The van der Waals surface area contributed by atoms with Crippen molar-refractivity contribution < 1.29 is 9.66 Å². The molecule has 0 radical (unpaired) electrons. The zero-order valence-electron chi connectivity index (χ0n) is 11.7. The predicted molar refractivity (Wildman–Crippen MR) is 82.1 cm³/mol. The minimum absolute atomic E-state index is 0.0666. The number of aryl methyl sites for hydroxylation is 1. The molecule has 110 valence electrons. The van der Waals surface area contributed by atoms with Crippen molar-refractivity contribution in [1.29, 1.82) is 0 Å². The molecular formula is C15H15ClN2O3. The molecule has 0 heterocycles. The van der Waals surface area contributed by atoms with Crippen LogP contribution in [0, 0.1) is 17.0 Å². The van der Waals surface area contributed by atoms with E-state index < -0.39 is 4.92 Å². The molecule has 1 N–H and O–H groups in total. The van der Waals surface area contributed by atoms with Gasteiger partial charge in [-0.05, 0) is 32.2 Å². The van der Waals surface area contributed by atoms with Gasteiger partial charge in [0.1, 0.15) is 11.5 Å². The molecular weight excluding hydrogens is 292 g/mol. The zero-order chi connectivity index (χ0) is 15.4. The first kappa shape index (κ1) is 15.3. The Balaban J connectivity index is 2.34. The van der Waals surface area contributed by atoms with Crippen LogP contribution in [-0.4, -0.2) is 12.0 Å². The monoisotopic (exact) mass is 306 g/mol. The number of ether oxygens (including phenoxy) is 1. The summed E-state index contributed by atoms with van der Waals surface area (Å²) in [6.45, 7) is 2.29. The molecule has 0 spiro atoms. The van der Waals surface area contributed by atoms with Crippen LogP contribution in [0.3, 0.4) is 0 Å². The average Bonchev–Trinajstić information content (AvgIpc) is 2.42. The van der Waals surface area contributed by atoms with Gasteiger partial charge in [-0.3, -0.25) is 10.1 Å². The second kappa shape index (κ2) is 6.56. The van der Waals surface area contributed by atoms with Gasteiger partial charge in [-0.2, -0.15) is 0 Å². The summed E-state index contributed by atoms with van der Waals surface area (Å²) in [6, 6.07) is 10.1. The Labute approximate surface area is 127 Å². The van der Waals surface area contributed by atoms with Crippen LogP contribution in [0.2, 0.25) is 5.02 Å². The van der Waals surface area contributed by atoms with Crippen molar-refractivity contribution in [2.75, 3.05) is 7.05 Å². The Morgan fingerprint density at radius 2 is 2.10 bits per heavy atom. The number of nitro benzene ring substituents is 1. The van der Waals surface area contributed by atoms with E-state index in [1.807, 2.05) is 19.2 Å². The fourth-order valence-electron chi connectivity index (χ4n) is 2.01. The van der Waals surface area contributed by atoms with Crippen molar-refractivity contribution >= 4 is 17.3 Å². The molecule has 0 bridgehead atoms. The van der Waals surface area contributed by atoms with Crippen LogP contribution in [-0.2, 0) is 6.54 Å². The number of nitrogens with zero attached hydrogens (tertiary/aromatic N) is 1. The van der Waals surface area contributed by atoms with Crippen LogP contribution in [0.4, 0.5) is 5.69 Å². The first-order chi connectivity index (χ1) is 10.0. The molecule has 2 aromatic rings. The van der Waals surface area contributed by atoms with Gasteiger partial charge in [0.2, 0.25) is 0 Å². The lowest BCUT2D eigenvalue weighted by molar-refractivity contribution is -0.385. The number of rotatable bonds is 5. The highest BCUT2D eigenvalue weighted by Crippen LogP contribution is 2.34. The first-order valence-corrected chi connectivity index (χ1v) is 6.75. The van der Waals surface area contributed by atoms with E-state index in [9.17, 15) is 10.1 Å². The third kappa shape index (κ3) is 3.51. The van der Waals surface area contributed by atoms with Gasteiger partial charge < -0.3 is 10.1 Å². The number of halogens is 1. The third-order valence-electron chi connectivity index (χ3n) is 3.00. The lowest BCUT2D eigenvalue weighted by atomic mass is 10.2. The summed E-state index contributed by atoms with van der Waals surface area (Å²) < 4.78 is 5.81. The SMILES string of the molecule is CNCc1cccc(Cl)c1Oc1ccc([N+](=O)[O-])c(C)c1. The van der Waals surface area contributed by atoms with Crippen molar-refractivity contribution in [1.82, 2.24) is 5.32 Å². The lowest BCUT2D eigenvalue weighted by Gasteiger charge is -2.13. The maximum atomic E-state index is 10.8. The summed E-state index contributed by atoms with van der Waals surface area (Å²) in [4.78, 5) is 10.4. The van der Waals surface area contributed by atoms with Gasteiger partial charge in [0.05, 0.1) is 9.95 Å². The maximum Gasteiger partial charge on any atom is 0.272 e. The van der Waals surface area contributed by atoms with Crippen molar-refractivity contribution in [3.63, 3.8) is 0 Å². The Morgan fingerprint density at radius 3 is 2.71 bits per heavy atom. The van der Waals surface area contributed by atoms with E-state index in [1.54, 1.807) is 25.1 Å². The molecule has 0 saturated heterocycles. The number of para-hydroxylation sites is 1. The highest BCUT2D eigenvalue weighted by molar-refractivity contribution is 6.32. The quantitative estimate of drug-likeness (QED) is 0.668. The van der Waals surface area contributed by atoms with Gasteiger partial charge in [0.15, 0.2) is 0 Å². The Morgan fingerprint density at radius 1 is 1.33 bits per heavy atom. The molecule has 5 nitrogen and oxygen atoms in total. The van der Waals surface area contributed by atoms with E-state index in [0.717, 1.165) is 5.56 Å². The fraction of sp³-hybridized carbons (Fsp3) is 0.200. The van der Waals surface area contributed by atoms with Crippen LogP contribution in [0.25, 0.3) is 0 Å². The number of nitrogens with one attached hydrogen (secondary N) is 1. The summed E-state index contributed by atoms with van der Waals surface area (Å²) in [7, 11) is 1.83. The molecule has 21 heavy (non-hydrogen) atoms. The van der Waals surface area contributed by atoms with Crippen LogP contribution in [0.15, 0.2) is 36.4 Å². The first-order valence-electron chi connectivity index (χ1n) is 6.38. The number of hydrogen-bond acceptors (Lipinski definition) is 4. The molecule has 0 saturated carbocycles. The van der Waals surface area contributed by atoms with E-state index in [4.69, 9.17) is 16.3 Å². The minimum Gasteiger partial charge on any atom is -0.455 e. The number of hydrogen-bond donors (Lipinski definition) is 1. The Kier molecular flexibility index (Phi) is 4.77. The van der Waals surface area contributed by atoms with Crippen molar-refractivity contribution in [3.8, 4) is 11.5 Å². The molecule has 0 fully saturated rings. The zero-order valence-corrected chi connectivity index (χ0v) is 12.5.